The number of carbonyl (C=O) groups excluding carboxylic acids is 2. The van der Waals surface area contributed by atoms with Gasteiger partial charge in [0.05, 0.1) is 17.0 Å². The number of nitrogens with one attached hydrogen (secondary N) is 2. The van der Waals surface area contributed by atoms with E-state index in [4.69, 9.17) is 0 Å². The lowest BCUT2D eigenvalue weighted by Gasteiger charge is -2.16. The van der Waals surface area contributed by atoms with Crippen LogP contribution >= 0.6 is 11.3 Å². The second kappa shape index (κ2) is 8.47. The van der Waals surface area contributed by atoms with E-state index in [1.807, 2.05) is 24.6 Å². The summed E-state index contributed by atoms with van der Waals surface area (Å²) in [6.45, 7) is 11.3. The summed E-state index contributed by atoms with van der Waals surface area (Å²) in [4.78, 5) is 26.8. The van der Waals surface area contributed by atoms with Gasteiger partial charge in [0.2, 0.25) is 5.91 Å². The minimum absolute atomic E-state index is 0.203. The van der Waals surface area contributed by atoms with Crippen LogP contribution in [0.2, 0.25) is 0 Å². The van der Waals surface area contributed by atoms with E-state index < -0.39 is 0 Å². The Morgan fingerprint density at radius 2 is 2.07 bits per heavy atom. The molecule has 2 amide bonds. The highest BCUT2D eigenvalue weighted by atomic mass is 32.1. The number of nitrogens with zero attached hydrogens (tertiary/aromatic N) is 2. The number of fused-ring (bicyclic) bond motifs is 1. The van der Waals surface area contributed by atoms with Gasteiger partial charge in [0.15, 0.2) is 0 Å². The first-order valence-corrected chi connectivity index (χ1v) is 10.8. The van der Waals surface area contributed by atoms with Crippen molar-refractivity contribution in [3.05, 3.63) is 38.3 Å². The lowest BCUT2D eigenvalue weighted by molar-refractivity contribution is -0.121. The van der Waals surface area contributed by atoms with Gasteiger partial charge in [0, 0.05) is 22.7 Å². The van der Waals surface area contributed by atoms with Crippen molar-refractivity contribution in [1.29, 1.82) is 0 Å². The number of carbonyl (C=O) groups is 2. The molecule has 2 heterocycles. The summed E-state index contributed by atoms with van der Waals surface area (Å²) in [5.41, 5.74) is 9.19. The molecule has 0 spiro atoms. The van der Waals surface area contributed by atoms with Gasteiger partial charge in [-0.2, -0.15) is 5.10 Å². The van der Waals surface area contributed by atoms with Gasteiger partial charge < -0.3 is 0 Å². The molecule has 0 saturated carbocycles. The van der Waals surface area contributed by atoms with Crippen molar-refractivity contribution in [3.63, 3.8) is 0 Å². The molecule has 1 aliphatic rings. The van der Waals surface area contributed by atoms with Crippen LogP contribution in [0, 0.1) is 25.7 Å². The summed E-state index contributed by atoms with van der Waals surface area (Å²) < 4.78 is 1.96. The maximum absolute atomic E-state index is 12.4. The van der Waals surface area contributed by atoms with Gasteiger partial charge in [0.1, 0.15) is 0 Å². The molecule has 0 aliphatic heterocycles. The van der Waals surface area contributed by atoms with Gasteiger partial charge in [-0.05, 0) is 56.6 Å². The first-order chi connectivity index (χ1) is 13.2. The molecule has 1 atom stereocenters. The highest BCUT2D eigenvalue weighted by molar-refractivity contribution is 7.14. The van der Waals surface area contributed by atoms with Crippen LogP contribution in [0.1, 0.15) is 64.3 Å². The summed E-state index contributed by atoms with van der Waals surface area (Å²) in [7, 11) is 0. The van der Waals surface area contributed by atoms with Gasteiger partial charge >= 0.3 is 0 Å². The monoisotopic (exact) mass is 402 g/mol. The Kier molecular flexibility index (Phi) is 6.23. The summed E-state index contributed by atoms with van der Waals surface area (Å²) in [5.74, 6) is 0.669. The molecule has 0 saturated heterocycles. The van der Waals surface area contributed by atoms with Crippen LogP contribution in [-0.4, -0.2) is 21.6 Å². The van der Waals surface area contributed by atoms with Crippen molar-refractivity contribution in [2.45, 2.75) is 66.8 Å². The number of thiophene rings is 1. The molecule has 0 unspecified atom stereocenters. The molecule has 1 aliphatic carbocycles. The van der Waals surface area contributed by atoms with E-state index in [2.05, 4.69) is 36.7 Å². The molecule has 2 N–H and O–H groups in total. The Morgan fingerprint density at radius 3 is 2.79 bits per heavy atom. The zero-order chi connectivity index (χ0) is 20.4. The standard InChI is InChI=1S/C21H30N4O2S/c1-12(2)11-25-15(5)17(14(4)24-25)10-20(26)22-23-21(27)19-9-16-8-13(3)6-7-18(16)28-19/h9,12-13H,6-8,10-11H2,1-5H3,(H,22,26)(H,23,27)/t13-/m0/s1. The van der Waals surface area contributed by atoms with E-state index >= 15 is 0 Å². The summed E-state index contributed by atoms with van der Waals surface area (Å²) >= 11 is 1.54. The molecule has 0 fully saturated rings. The lowest BCUT2D eigenvalue weighted by Crippen LogP contribution is -2.42. The van der Waals surface area contributed by atoms with E-state index in [0.29, 0.717) is 16.7 Å². The van der Waals surface area contributed by atoms with Crippen LogP contribution in [0.15, 0.2) is 6.07 Å². The second-order valence-electron chi connectivity index (χ2n) is 8.31. The molecule has 3 rings (SSSR count). The maximum Gasteiger partial charge on any atom is 0.279 e. The fraction of sp³-hybridized carbons (Fsp3) is 0.571. The third kappa shape index (κ3) is 4.63. The summed E-state index contributed by atoms with van der Waals surface area (Å²) in [6, 6.07) is 1.97. The summed E-state index contributed by atoms with van der Waals surface area (Å²) in [5, 5.41) is 4.54. The smallest absolute Gasteiger partial charge is 0.273 e. The van der Waals surface area contributed by atoms with Gasteiger partial charge in [-0.25, -0.2) is 0 Å². The third-order valence-corrected chi connectivity index (χ3v) is 6.51. The van der Waals surface area contributed by atoms with Gasteiger partial charge in [-0.1, -0.05) is 20.8 Å². The van der Waals surface area contributed by atoms with Crippen LogP contribution in [0.5, 0.6) is 0 Å². The van der Waals surface area contributed by atoms with E-state index in [9.17, 15) is 9.59 Å². The predicted molar refractivity (Wildman–Crippen MR) is 111 cm³/mol. The summed E-state index contributed by atoms with van der Waals surface area (Å²) in [6.07, 6.45) is 3.45. The second-order valence-corrected chi connectivity index (χ2v) is 9.45. The van der Waals surface area contributed by atoms with E-state index in [0.717, 1.165) is 36.3 Å². The molecule has 6 nitrogen and oxygen atoms in total. The fourth-order valence-corrected chi connectivity index (χ4v) is 4.83. The van der Waals surface area contributed by atoms with Crippen molar-refractivity contribution in [2.24, 2.45) is 11.8 Å². The Bertz CT molecular complexity index is 881. The van der Waals surface area contributed by atoms with E-state index in [1.165, 1.54) is 28.2 Å². The number of hydrazine groups is 1. The molecule has 0 aromatic carbocycles. The Morgan fingerprint density at radius 1 is 1.32 bits per heavy atom. The van der Waals surface area contributed by atoms with Gasteiger partial charge in [-0.3, -0.25) is 25.1 Å². The number of rotatable bonds is 5. The van der Waals surface area contributed by atoms with E-state index in [-0.39, 0.29) is 18.2 Å². The number of aryl methyl sites for hydroxylation is 2. The van der Waals surface area contributed by atoms with Crippen molar-refractivity contribution in [1.82, 2.24) is 20.6 Å². The molecule has 0 bridgehead atoms. The van der Waals surface area contributed by atoms with Crippen molar-refractivity contribution in [3.8, 4) is 0 Å². The van der Waals surface area contributed by atoms with Gasteiger partial charge in [0.25, 0.3) is 5.91 Å². The number of aromatic nitrogens is 2. The molecular weight excluding hydrogens is 372 g/mol. The topological polar surface area (TPSA) is 76.0 Å². The van der Waals surface area contributed by atoms with Gasteiger partial charge in [-0.15, -0.1) is 11.3 Å². The average molecular weight is 403 g/mol. The lowest BCUT2D eigenvalue weighted by atomic mass is 9.90. The minimum atomic E-state index is -0.246. The normalized spacial score (nSPS) is 16.1. The largest absolute Gasteiger partial charge is 0.279 e. The van der Waals surface area contributed by atoms with Crippen molar-refractivity contribution >= 4 is 23.2 Å². The Hall–Kier alpha value is -2.15. The van der Waals surface area contributed by atoms with Crippen LogP contribution in [0.25, 0.3) is 0 Å². The Labute approximate surface area is 170 Å². The average Bonchev–Trinajstić information content (AvgIpc) is 3.15. The predicted octanol–water partition coefficient (Wildman–Crippen LogP) is 3.35. The number of hydrogen-bond acceptors (Lipinski definition) is 4. The molecule has 0 radical (unpaired) electrons. The first-order valence-electron chi connectivity index (χ1n) is 9.98. The highest BCUT2D eigenvalue weighted by Crippen LogP contribution is 2.32. The van der Waals surface area contributed by atoms with Crippen LogP contribution in [0.3, 0.4) is 0 Å². The zero-order valence-corrected chi connectivity index (χ0v) is 18.2. The zero-order valence-electron chi connectivity index (χ0n) is 17.4. The SMILES string of the molecule is Cc1nn(CC(C)C)c(C)c1CC(=O)NNC(=O)c1cc2c(s1)CC[C@H](C)C2. The van der Waals surface area contributed by atoms with Crippen molar-refractivity contribution in [2.75, 3.05) is 0 Å². The molecule has 152 valence electrons. The number of amides is 2. The maximum atomic E-state index is 12.4. The molecule has 28 heavy (non-hydrogen) atoms. The fourth-order valence-electron chi connectivity index (χ4n) is 3.72. The van der Waals surface area contributed by atoms with Crippen LogP contribution < -0.4 is 10.9 Å². The molecule has 2 aromatic rings. The highest BCUT2D eigenvalue weighted by Gasteiger charge is 2.21. The third-order valence-electron chi connectivity index (χ3n) is 5.28. The molecule has 2 aromatic heterocycles. The van der Waals surface area contributed by atoms with Crippen LogP contribution in [0.4, 0.5) is 0 Å². The van der Waals surface area contributed by atoms with Crippen LogP contribution in [-0.2, 0) is 30.6 Å². The minimum Gasteiger partial charge on any atom is -0.273 e. The van der Waals surface area contributed by atoms with E-state index in [1.54, 1.807) is 0 Å². The molecular formula is C21H30N4O2S. The number of hydrogen-bond donors (Lipinski definition) is 2. The Balaban J connectivity index is 1.57. The van der Waals surface area contributed by atoms with Crippen molar-refractivity contribution < 1.29 is 9.59 Å². The quantitative estimate of drug-likeness (QED) is 0.753. The first kappa shape index (κ1) is 20.6. The molecule has 7 heteroatoms.